The normalized spacial score (nSPS) is 9.30. The van der Waals surface area contributed by atoms with Crippen molar-refractivity contribution < 1.29 is 9.36 Å². The van der Waals surface area contributed by atoms with E-state index in [1.807, 2.05) is 0 Å². The number of carbonyl (C=O) groups excluding carboxylic acids is 1. The Labute approximate surface area is 59.1 Å². The van der Waals surface area contributed by atoms with Gasteiger partial charge in [0.05, 0.1) is 0 Å². The number of nitrogens with two attached hydrogens (primary N) is 1. The standard InChI is InChI=1S/C7H8N2O/c1-9-4-2-3-6(8)7(9)5-10/h2-5H,1H3,(H-,8,10)/p+1. The topological polar surface area (TPSA) is 47.0 Å². The summed E-state index contributed by atoms with van der Waals surface area (Å²) in [5, 5.41) is 0. The molecule has 3 nitrogen and oxygen atoms in total. The summed E-state index contributed by atoms with van der Waals surface area (Å²) in [5.41, 5.74) is 6.51. The van der Waals surface area contributed by atoms with E-state index in [1.165, 1.54) is 0 Å². The van der Waals surface area contributed by atoms with Gasteiger partial charge in [0.25, 0.3) is 5.69 Å². The monoisotopic (exact) mass is 137 g/mol. The zero-order valence-corrected chi connectivity index (χ0v) is 5.74. The molecule has 0 unspecified atom stereocenters. The molecular weight excluding hydrogens is 128 g/mol. The molecule has 0 saturated heterocycles. The van der Waals surface area contributed by atoms with Crippen LogP contribution in [0, 0.1) is 0 Å². The Bertz CT molecular complexity index is 238. The minimum atomic E-state index is 0.514. The van der Waals surface area contributed by atoms with Crippen LogP contribution in [0.2, 0.25) is 0 Å². The molecule has 3 heteroatoms. The number of carbonyl (C=O) groups is 1. The molecule has 0 aromatic carbocycles. The van der Waals surface area contributed by atoms with Gasteiger partial charge in [0.15, 0.2) is 6.20 Å². The lowest BCUT2D eigenvalue weighted by Crippen LogP contribution is -2.33. The number of rotatable bonds is 1. The largest absolute Gasteiger partial charge is 0.393 e. The van der Waals surface area contributed by atoms with E-state index in [4.69, 9.17) is 5.73 Å². The molecule has 0 radical (unpaired) electrons. The predicted octanol–water partition coefficient (Wildman–Crippen LogP) is -0.0942. The smallest absolute Gasteiger partial charge is 0.268 e. The van der Waals surface area contributed by atoms with Crippen molar-refractivity contribution >= 4 is 12.0 Å². The molecule has 10 heavy (non-hydrogen) atoms. The van der Waals surface area contributed by atoms with E-state index < -0.39 is 0 Å². The molecule has 0 atom stereocenters. The first-order valence-electron chi connectivity index (χ1n) is 2.95. The molecule has 1 aromatic heterocycles. The molecular formula is C7H9N2O+. The molecule has 1 heterocycles. The molecule has 0 aliphatic carbocycles. The van der Waals surface area contributed by atoms with Gasteiger partial charge >= 0.3 is 0 Å². The number of aldehydes is 1. The Balaban J connectivity index is 3.30. The molecule has 52 valence electrons. The van der Waals surface area contributed by atoms with E-state index >= 15 is 0 Å². The van der Waals surface area contributed by atoms with Crippen LogP contribution < -0.4 is 10.3 Å². The van der Waals surface area contributed by atoms with E-state index in [2.05, 4.69) is 0 Å². The van der Waals surface area contributed by atoms with E-state index in [0.29, 0.717) is 11.4 Å². The van der Waals surface area contributed by atoms with Crippen molar-refractivity contribution in [2.75, 3.05) is 5.73 Å². The molecule has 0 fully saturated rings. The second-order valence-electron chi connectivity index (χ2n) is 2.08. The van der Waals surface area contributed by atoms with Crippen LogP contribution in [0.3, 0.4) is 0 Å². The van der Waals surface area contributed by atoms with Crippen LogP contribution in [0.25, 0.3) is 0 Å². The van der Waals surface area contributed by atoms with Crippen molar-refractivity contribution in [2.45, 2.75) is 0 Å². The van der Waals surface area contributed by atoms with Gasteiger partial charge in [-0.25, -0.2) is 0 Å². The lowest BCUT2D eigenvalue weighted by atomic mass is 10.3. The van der Waals surface area contributed by atoms with Crippen LogP contribution >= 0.6 is 0 Å². The third kappa shape index (κ3) is 0.978. The van der Waals surface area contributed by atoms with Crippen molar-refractivity contribution in [1.29, 1.82) is 0 Å². The lowest BCUT2D eigenvalue weighted by molar-refractivity contribution is -0.672. The van der Waals surface area contributed by atoms with E-state index in [1.54, 1.807) is 29.9 Å². The molecule has 0 amide bonds. The van der Waals surface area contributed by atoms with Gasteiger partial charge in [0.1, 0.15) is 12.7 Å². The third-order valence-corrected chi connectivity index (χ3v) is 1.37. The van der Waals surface area contributed by atoms with Crippen molar-refractivity contribution in [3.8, 4) is 0 Å². The summed E-state index contributed by atoms with van der Waals surface area (Å²) in [6.45, 7) is 0. The Morgan fingerprint density at radius 2 is 2.40 bits per heavy atom. The number of nitrogens with zero attached hydrogens (tertiary/aromatic N) is 1. The van der Waals surface area contributed by atoms with Crippen molar-refractivity contribution in [1.82, 2.24) is 0 Å². The number of aromatic nitrogens is 1. The summed E-state index contributed by atoms with van der Waals surface area (Å²) < 4.78 is 1.68. The minimum absolute atomic E-state index is 0.514. The first-order chi connectivity index (χ1) is 4.75. The highest BCUT2D eigenvalue weighted by Gasteiger charge is 2.06. The van der Waals surface area contributed by atoms with E-state index in [9.17, 15) is 4.79 Å². The molecule has 0 aliphatic rings. The van der Waals surface area contributed by atoms with Gasteiger partial charge in [-0.05, 0) is 6.07 Å². The average Bonchev–Trinajstić information content (AvgIpc) is 1.88. The predicted molar refractivity (Wildman–Crippen MR) is 37.4 cm³/mol. The average molecular weight is 137 g/mol. The molecule has 1 aromatic rings. The molecule has 0 aliphatic heterocycles. The zero-order chi connectivity index (χ0) is 7.56. The van der Waals surface area contributed by atoms with E-state index in [0.717, 1.165) is 6.29 Å². The summed E-state index contributed by atoms with van der Waals surface area (Å²) in [4.78, 5) is 10.3. The molecule has 2 N–H and O–H groups in total. The first-order valence-corrected chi connectivity index (χ1v) is 2.95. The molecule has 0 saturated carbocycles. The van der Waals surface area contributed by atoms with Gasteiger partial charge in [-0.3, -0.25) is 4.79 Å². The van der Waals surface area contributed by atoms with Crippen molar-refractivity contribution in [3.63, 3.8) is 0 Å². The number of hydrogen-bond acceptors (Lipinski definition) is 2. The fourth-order valence-corrected chi connectivity index (χ4v) is 0.796. The van der Waals surface area contributed by atoms with Gasteiger partial charge in [-0.1, -0.05) is 0 Å². The maximum absolute atomic E-state index is 10.3. The van der Waals surface area contributed by atoms with Crippen LogP contribution in [-0.4, -0.2) is 6.29 Å². The third-order valence-electron chi connectivity index (χ3n) is 1.37. The molecule has 0 bridgehead atoms. The number of hydrogen-bond donors (Lipinski definition) is 1. The first kappa shape index (κ1) is 6.74. The maximum Gasteiger partial charge on any atom is 0.268 e. The lowest BCUT2D eigenvalue weighted by Gasteiger charge is -1.93. The van der Waals surface area contributed by atoms with Crippen LogP contribution in [0.15, 0.2) is 18.3 Å². The van der Waals surface area contributed by atoms with Crippen molar-refractivity contribution in [3.05, 3.63) is 24.0 Å². The van der Waals surface area contributed by atoms with Crippen LogP contribution in [0.4, 0.5) is 5.69 Å². The van der Waals surface area contributed by atoms with E-state index in [-0.39, 0.29) is 0 Å². The van der Waals surface area contributed by atoms with Crippen LogP contribution in [-0.2, 0) is 7.05 Å². The summed E-state index contributed by atoms with van der Waals surface area (Å²) >= 11 is 0. The quantitative estimate of drug-likeness (QED) is 0.434. The highest BCUT2D eigenvalue weighted by molar-refractivity contribution is 5.77. The second kappa shape index (κ2) is 2.47. The number of nitrogen functional groups attached to an aromatic ring is 1. The summed E-state index contributed by atoms with van der Waals surface area (Å²) in [6.07, 6.45) is 2.52. The number of aryl methyl sites for hydroxylation is 1. The summed E-state index contributed by atoms with van der Waals surface area (Å²) in [5.74, 6) is 0. The Morgan fingerprint density at radius 1 is 1.70 bits per heavy atom. The maximum atomic E-state index is 10.3. The Morgan fingerprint density at radius 3 is 2.80 bits per heavy atom. The van der Waals surface area contributed by atoms with Gasteiger partial charge in [-0.15, -0.1) is 0 Å². The second-order valence-corrected chi connectivity index (χ2v) is 2.08. The number of anilines is 1. The van der Waals surface area contributed by atoms with Gasteiger partial charge in [0.2, 0.25) is 6.29 Å². The van der Waals surface area contributed by atoms with Crippen LogP contribution in [0.1, 0.15) is 10.5 Å². The van der Waals surface area contributed by atoms with Gasteiger partial charge in [-0.2, -0.15) is 4.57 Å². The Kier molecular flexibility index (Phi) is 1.67. The highest BCUT2D eigenvalue weighted by atomic mass is 16.1. The fraction of sp³-hybridized carbons (Fsp3) is 0.143. The summed E-state index contributed by atoms with van der Waals surface area (Å²) in [6, 6.07) is 3.49. The Hall–Kier alpha value is -1.38. The molecule has 0 spiro atoms. The summed E-state index contributed by atoms with van der Waals surface area (Å²) in [7, 11) is 1.78. The van der Waals surface area contributed by atoms with Gasteiger partial charge < -0.3 is 5.73 Å². The SMILES string of the molecule is C[n+]1cccc(N)c1C=O. The fourth-order valence-electron chi connectivity index (χ4n) is 0.796. The highest BCUT2D eigenvalue weighted by Crippen LogP contribution is 2.00. The minimum Gasteiger partial charge on any atom is -0.393 e. The van der Waals surface area contributed by atoms with Crippen molar-refractivity contribution in [2.24, 2.45) is 7.05 Å². The van der Waals surface area contributed by atoms with Gasteiger partial charge in [0, 0.05) is 6.07 Å². The zero-order valence-electron chi connectivity index (χ0n) is 5.74. The molecule has 1 rings (SSSR count). The number of pyridine rings is 1. The van der Waals surface area contributed by atoms with Crippen LogP contribution in [0.5, 0.6) is 0 Å².